The normalized spacial score (nSPS) is 17.6. The molecule has 4 aliphatic rings. The van der Waals surface area contributed by atoms with Crippen molar-refractivity contribution in [1.82, 2.24) is 0 Å². The van der Waals surface area contributed by atoms with Gasteiger partial charge in [0, 0.05) is 28.4 Å². The van der Waals surface area contributed by atoms with Crippen molar-refractivity contribution in [3.8, 4) is 0 Å². The molecule has 310 valence electrons. The largest absolute Gasteiger partial charge is 0.0690 e. The van der Waals surface area contributed by atoms with E-state index >= 15 is 0 Å². The van der Waals surface area contributed by atoms with Crippen molar-refractivity contribution < 1.29 is 33.0 Å². The molecule has 5 aromatic carbocycles. The van der Waals surface area contributed by atoms with E-state index in [1.165, 1.54) is 96.7 Å². The molecular formula is C52H55Cl2FeP3Pd. The molecule has 0 bridgehead atoms. The second kappa shape index (κ2) is 28.8. The van der Waals surface area contributed by atoms with Crippen molar-refractivity contribution in [3.63, 3.8) is 0 Å². The van der Waals surface area contributed by atoms with Gasteiger partial charge in [-0.1, -0.05) is 198 Å². The number of benzene rings is 5. The van der Waals surface area contributed by atoms with Gasteiger partial charge in [-0.15, -0.1) is 0 Å². The van der Waals surface area contributed by atoms with Crippen molar-refractivity contribution in [2.75, 3.05) is 0 Å². The van der Waals surface area contributed by atoms with Crippen LogP contribution in [0.4, 0.5) is 0 Å². The first kappa shape index (κ1) is 49.2. The molecule has 0 aromatic heterocycles. The van der Waals surface area contributed by atoms with Crippen LogP contribution in [0.25, 0.3) is 0 Å². The van der Waals surface area contributed by atoms with E-state index < -0.39 is 15.8 Å². The predicted molar refractivity (Wildman–Crippen MR) is 257 cm³/mol. The Morgan fingerprint density at radius 1 is 0.356 bits per heavy atom. The van der Waals surface area contributed by atoms with E-state index in [9.17, 15) is 0 Å². The Kier molecular flexibility index (Phi) is 24.0. The monoisotopic (exact) mass is 1000 g/mol. The molecule has 0 nitrogen and oxygen atoms in total. The molecule has 7 heteroatoms. The van der Waals surface area contributed by atoms with Crippen molar-refractivity contribution in [1.29, 1.82) is 0 Å². The van der Waals surface area contributed by atoms with Gasteiger partial charge in [0.2, 0.25) is 0 Å². The summed E-state index contributed by atoms with van der Waals surface area (Å²) < 4.78 is 0. The van der Waals surface area contributed by atoms with E-state index in [-0.39, 0.29) is 40.9 Å². The molecule has 9 rings (SSSR count). The first-order chi connectivity index (χ1) is 28.8. The summed E-state index contributed by atoms with van der Waals surface area (Å²) in [5.41, 5.74) is 4.91. The fraction of sp³-hybridized carbons (Fsp3) is 0.231. The van der Waals surface area contributed by atoms with Gasteiger partial charge in [0.05, 0.1) is 0 Å². The molecule has 0 aliphatic heterocycles. The summed E-state index contributed by atoms with van der Waals surface area (Å²) in [7, 11) is 8.92. The van der Waals surface area contributed by atoms with Gasteiger partial charge in [-0.05, 0) is 131 Å². The molecule has 4 fully saturated rings. The third kappa shape index (κ3) is 15.7. The summed E-state index contributed by atoms with van der Waals surface area (Å²) >= 11 is -0.106. The molecule has 5 aromatic rings. The van der Waals surface area contributed by atoms with Crippen LogP contribution in [0, 0.1) is 62.7 Å². The van der Waals surface area contributed by atoms with Gasteiger partial charge < -0.3 is 0 Å². The van der Waals surface area contributed by atoms with Gasteiger partial charge >= 0.3 is 35.0 Å². The van der Waals surface area contributed by atoms with Crippen LogP contribution in [0.2, 0.25) is 0 Å². The Morgan fingerprint density at radius 2 is 0.593 bits per heavy atom. The average molecular weight is 1010 g/mol. The maximum Gasteiger partial charge on any atom is 0 e. The Hall–Kier alpha value is -0.848. The van der Waals surface area contributed by atoms with Gasteiger partial charge in [-0.2, -0.15) is 0 Å². The zero-order valence-corrected chi connectivity index (χ0v) is 40.4. The second-order valence-corrected chi connectivity index (χ2v) is 24.3. The summed E-state index contributed by atoms with van der Waals surface area (Å²) in [5.74, 6) is 0. The number of rotatable bonds is 9. The first-order valence-electron chi connectivity index (χ1n) is 20.7. The number of halogens is 2. The van der Waals surface area contributed by atoms with Crippen LogP contribution in [-0.4, -0.2) is 11.3 Å². The average Bonchev–Trinajstić information content (AvgIpc) is 4.04. The Labute approximate surface area is 389 Å². The number of hydrogen-bond donors (Lipinski definition) is 0. The van der Waals surface area contributed by atoms with Gasteiger partial charge in [-0.25, -0.2) is 0 Å². The van der Waals surface area contributed by atoms with Crippen LogP contribution in [0.5, 0.6) is 0 Å². The van der Waals surface area contributed by atoms with E-state index in [2.05, 4.69) is 203 Å². The topological polar surface area (TPSA) is 0 Å². The minimum Gasteiger partial charge on any atom is -0.0690 e. The van der Waals surface area contributed by atoms with Crippen molar-refractivity contribution in [2.24, 2.45) is 0 Å². The van der Waals surface area contributed by atoms with Crippen molar-refractivity contribution >= 4 is 69.3 Å². The van der Waals surface area contributed by atoms with Crippen molar-refractivity contribution in [3.05, 3.63) is 214 Å². The fourth-order valence-corrected chi connectivity index (χ4v) is 16.7. The van der Waals surface area contributed by atoms with E-state index in [1.54, 1.807) is 5.30 Å². The quantitative estimate of drug-likeness (QED) is 0.102. The predicted octanol–water partition coefficient (Wildman–Crippen LogP) is 13.8. The van der Waals surface area contributed by atoms with Crippen LogP contribution in [0.1, 0.15) is 64.2 Å². The molecule has 10 radical (unpaired) electrons. The third-order valence-corrected chi connectivity index (χ3v) is 19.2. The maximum atomic E-state index is 4.81. The van der Waals surface area contributed by atoms with Crippen LogP contribution in [0.3, 0.4) is 0 Å². The summed E-state index contributed by atoms with van der Waals surface area (Å²) in [6.45, 7) is 0. The summed E-state index contributed by atoms with van der Waals surface area (Å²) in [6, 6.07) is 54.7. The molecule has 59 heavy (non-hydrogen) atoms. The molecule has 4 saturated carbocycles. The van der Waals surface area contributed by atoms with Gasteiger partial charge in [0.25, 0.3) is 0 Å². The van der Waals surface area contributed by atoms with E-state index in [0.717, 1.165) is 11.3 Å². The van der Waals surface area contributed by atoms with E-state index in [0.29, 0.717) is 0 Å². The summed E-state index contributed by atoms with van der Waals surface area (Å²) in [4.78, 5) is 0. The zero-order chi connectivity index (χ0) is 40.0. The minimum atomic E-state index is -0.409. The van der Waals surface area contributed by atoms with E-state index in [4.69, 9.17) is 19.1 Å². The summed E-state index contributed by atoms with van der Waals surface area (Å²) in [6.07, 6.45) is 32.4. The van der Waals surface area contributed by atoms with E-state index in [1.807, 2.05) is 0 Å². The van der Waals surface area contributed by atoms with Gasteiger partial charge in [-0.3, -0.25) is 0 Å². The molecule has 0 N–H and O–H groups in total. The Balaban J connectivity index is 0.000000161. The fourth-order valence-electron chi connectivity index (χ4n) is 8.27. The SMILES string of the molecule is [CH]1[CH][CH][C](P(c2ccccc2)c2ccccc2)[CH]1.[CH]1[CH][CH][C](P(c2ccccc2)c2ccccc2)[CH]1.[Cl][Pd][Cl].[Fe].c1ccc(P(C2CCCCC2)C2CCCCC2)cc1. The van der Waals surface area contributed by atoms with Crippen molar-refractivity contribution in [2.45, 2.75) is 75.5 Å². The molecule has 0 unspecified atom stereocenters. The molecular weight excluding hydrogens is 951 g/mol. The minimum absolute atomic E-state index is 0. The molecule has 0 saturated heterocycles. The molecule has 0 amide bonds. The third-order valence-electron chi connectivity index (χ3n) is 10.9. The second-order valence-electron chi connectivity index (χ2n) is 14.7. The molecule has 0 atom stereocenters. The summed E-state index contributed by atoms with van der Waals surface area (Å²) in [5, 5.41) is 7.33. The molecule has 0 spiro atoms. The molecule has 0 heterocycles. The van der Waals surface area contributed by atoms with Gasteiger partial charge in [0.1, 0.15) is 0 Å². The first-order valence-corrected chi connectivity index (χ1v) is 28.8. The smallest absolute Gasteiger partial charge is 0 e. The Morgan fingerprint density at radius 3 is 0.847 bits per heavy atom. The standard InChI is InChI=1S/C18H27P.2C17H14P.2ClH.Fe.Pd/c1-4-10-16(11-5-1)19(17-12-6-2-7-13-17)18-14-8-3-9-15-18;2*1-3-9-15(10-4-1)18(17-13-7-8-14-17)16-11-5-2-6-12-16;;;;/h1,4-5,10-11,17-18H,2-3,6-9,12-15H2;2*1-14H;2*1H;;/q;;;;;;+2/p-2. The Bertz CT molecular complexity index is 1570. The zero-order valence-electron chi connectivity index (χ0n) is 33.5. The maximum absolute atomic E-state index is 4.81. The van der Waals surface area contributed by atoms with Crippen LogP contribution < -0.4 is 26.5 Å². The van der Waals surface area contributed by atoms with Gasteiger partial charge in [0.15, 0.2) is 0 Å². The molecule has 4 aliphatic carbocycles. The van der Waals surface area contributed by atoms with Crippen LogP contribution in [-0.2, 0) is 33.0 Å². The number of hydrogen-bond acceptors (Lipinski definition) is 0. The van der Waals surface area contributed by atoms with Crippen LogP contribution >= 0.6 is 42.8 Å². The van der Waals surface area contributed by atoms with Crippen LogP contribution in [0.15, 0.2) is 152 Å².